The van der Waals surface area contributed by atoms with Crippen molar-refractivity contribution in [1.82, 2.24) is 0 Å². The van der Waals surface area contributed by atoms with Crippen LogP contribution in [0.25, 0.3) is 4.85 Å². The minimum Gasteiger partial charge on any atom is -0.457 e. The number of fused-ring (bicyclic) bond motifs is 1. The van der Waals surface area contributed by atoms with Crippen LogP contribution in [0.2, 0.25) is 0 Å². The summed E-state index contributed by atoms with van der Waals surface area (Å²) < 4.78 is 11.0. The predicted octanol–water partition coefficient (Wildman–Crippen LogP) is 1.96. The van der Waals surface area contributed by atoms with Gasteiger partial charge in [-0.15, -0.1) is 0 Å². The van der Waals surface area contributed by atoms with Crippen molar-refractivity contribution in [3.05, 3.63) is 11.4 Å². The summed E-state index contributed by atoms with van der Waals surface area (Å²) in [7, 11) is 0. The summed E-state index contributed by atoms with van der Waals surface area (Å²) in [5.74, 6) is -0.787. The average Bonchev–Trinajstić information content (AvgIpc) is 2.98. The molecule has 1 aliphatic heterocycles. The highest BCUT2D eigenvalue weighted by atomic mass is 16.6. The van der Waals surface area contributed by atoms with Gasteiger partial charge >= 0.3 is 11.9 Å². The van der Waals surface area contributed by atoms with E-state index in [0.29, 0.717) is 19.3 Å². The maximum absolute atomic E-state index is 12.2. The number of hydrogen-bond donors (Lipinski definition) is 0. The molecule has 5 atom stereocenters. The van der Waals surface area contributed by atoms with Crippen LogP contribution in [0.3, 0.4) is 0 Å². The first kappa shape index (κ1) is 13.4. The molecule has 1 heterocycles. The second-order valence-electron chi connectivity index (χ2n) is 6.82. The topological polar surface area (TPSA) is 57.0 Å². The van der Waals surface area contributed by atoms with Crippen molar-refractivity contribution < 1.29 is 19.1 Å². The Bertz CT molecular complexity index is 520. The van der Waals surface area contributed by atoms with E-state index in [9.17, 15) is 9.59 Å². The lowest BCUT2D eigenvalue weighted by Gasteiger charge is -2.29. The van der Waals surface area contributed by atoms with Crippen LogP contribution in [-0.2, 0) is 19.1 Å². The third kappa shape index (κ3) is 1.48. The predicted molar refractivity (Wildman–Crippen MR) is 69.4 cm³/mol. The molecule has 108 valence electrons. The second kappa shape index (κ2) is 3.97. The van der Waals surface area contributed by atoms with Crippen LogP contribution < -0.4 is 0 Å². The molecule has 1 saturated heterocycles. The van der Waals surface area contributed by atoms with E-state index in [-0.39, 0.29) is 23.8 Å². The van der Waals surface area contributed by atoms with E-state index in [1.165, 1.54) is 0 Å². The molecule has 0 aromatic heterocycles. The molecule has 0 aromatic rings. The molecule has 5 heteroatoms. The molecule has 20 heavy (non-hydrogen) atoms. The lowest BCUT2D eigenvalue weighted by atomic mass is 9.82. The number of carbonyl (C=O) groups excluding carboxylic acids is 2. The Morgan fingerprint density at radius 3 is 2.90 bits per heavy atom. The Labute approximate surface area is 118 Å². The van der Waals surface area contributed by atoms with E-state index in [2.05, 4.69) is 4.85 Å². The van der Waals surface area contributed by atoms with Crippen molar-refractivity contribution in [2.75, 3.05) is 0 Å². The van der Waals surface area contributed by atoms with Crippen LogP contribution >= 0.6 is 0 Å². The van der Waals surface area contributed by atoms with Crippen LogP contribution in [0, 0.1) is 23.8 Å². The van der Waals surface area contributed by atoms with E-state index in [1.54, 1.807) is 0 Å². The molecule has 5 nitrogen and oxygen atoms in total. The number of esters is 2. The van der Waals surface area contributed by atoms with Gasteiger partial charge in [-0.3, -0.25) is 9.59 Å². The first-order valence-corrected chi connectivity index (χ1v) is 7.16. The monoisotopic (exact) mass is 277 g/mol. The molecule has 0 spiro atoms. The van der Waals surface area contributed by atoms with E-state index in [1.807, 2.05) is 20.8 Å². The molecular formula is C15H19NO4. The molecule has 0 radical (unpaired) electrons. The van der Waals surface area contributed by atoms with Gasteiger partial charge in [-0.2, -0.15) is 0 Å². The largest absolute Gasteiger partial charge is 0.457 e. The first-order chi connectivity index (χ1) is 9.35. The molecule has 0 amide bonds. The lowest BCUT2D eigenvalue weighted by molar-refractivity contribution is -0.170. The van der Waals surface area contributed by atoms with Gasteiger partial charge in [0, 0.05) is 12.3 Å². The zero-order valence-corrected chi connectivity index (χ0v) is 12.0. The van der Waals surface area contributed by atoms with Gasteiger partial charge in [0.15, 0.2) is 0 Å². The highest BCUT2D eigenvalue weighted by molar-refractivity contribution is 5.81. The number of carbonyl (C=O) groups is 2. The number of rotatable bonds is 3. The Morgan fingerprint density at radius 2 is 2.30 bits per heavy atom. The van der Waals surface area contributed by atoms with Gasteiger partial charge in [-0.25, -0.2) is 6.57 Å². The van der Waals surface area contributed by atoms with Crippen LogP contribution in [0.4, 0.5) is 0 Å². The van der Waals surface area contributed by atoms with Crippen molar-refractivity contribution in [3.8, 4) is 0 Å². The SMILES string of the molecule is [C-]#[N+]C12CC3CC1C(=O)OC2C3OC(=O)C(C)(C)CC. The van der Waals surface area contributed by atoms with Crippen molar-refractivity contribution in [1.29, 1.82) is 0 Å². The summed E-state index contributed by atoms with van der Waals surface area (Å²) in [6.45, 7) is 13.1. The zero-order valence-electron chi connectivity index (χ0n) is 12.0. The Morgan fingerprint density at radius 1 is 1.60 bits per heavy atom. The first-order valence-electron chi connectivity index (χ1n) is 7.16. The lowest BCUT2D eigenvalue weighted by Crippen LogP contribution is -2.46. The fourth-order valence-electron chi connectivity index (χ4n) is 3.70. The zero-order chi connectivity index (χ0) is 14.7. The summed E-state index contributed by atoms with van der Waals surface area (Å²) in [6, 6.07) is 0. The molecule has 3 aliphatic rings. The maximum atomic E-state index is 12.2. The third-order valence-corrected chi connectivity index (χ3v) is 5.40. The van der Waals surface area contributed by atoms with Gasteiger partial charge in [0.05, 0.1) is 5.41 Å². The fourth-order valence-corrected chi connectivity index (χ4v) is 3.70. The van der Waals surface area contributed by atoms with Crippen LogP contribution in [-0.4, -0.2) is 29.7 Å². The van der Waals surface area contributed by atoms with Crippen molar-refractivity contribution in [3.63, 3.8) is 0 Å². The van der Waals surface area contributed by atoms with Crippen LogP contribution in [0.15, 0.2) is 0 Å². The number of hydrogen-bond acceptors (Lipinski definition) is 4. The molecule has 2 aliphatic carbocycles. The summed E-state index contributed by atoms with van der Waals surface area (Å²) in [6.07, 6.45) is 0.909. The number of ether oxygens (including phenoxy) is 2. The smallest absolute Gasteiger partial charge is 0.318 e. The highest BCUT2D eigenvalue weighted by Gasteiger charge is 2.78. The molecule has 5 unspecified atom stereocenters. The normalized spacial score (nSPS) is 41.4. The summed E-state index contributed by atoms with van der Waals surface area (Å²) >= 11 is 0. The molecule has 2 saturated carbocycles. The third-order valence-electron chi connectivity index (χ3n) is 5.40. The fraction of sp³-hybridized carbons (Fsp3) is 0.800. The quantitative estimate of drug-likeness (QED) is 0.584. The van der Waals surface area contributed by atoms with Crippen molar-refractivity contribution >= 4 is 11.9 Å². The number of nitrogens with zero attached hydrogens (tertiary/aromatic N) is 1. The molecule has 0 N–H and O–H groups in total. The Hall–Kier alpha value is -1.57. The van der Waals surface area contributed by atoms with Crippen molar-refractivity contribution in [2.24, 2.45) is 17.3 Å². The second-order valence-corrected chi connectivity index (χ2v) is 6.82. The minimum absolute atomic E-state index is 0.0853. The minimum atomic E-state index is -0.775. The maximum Gasteiger partial charge on any atom is 0.318 e. The molecule has 3 fully saturated rings. The highest BCUT2D eigenvalue weighted by Crippen LogP contribution is 2.60. The average molecular weight is 277 g/mol. The van der Waals surface area contributed by atoms with Crippen molar-refractivity contribution in [2.45, 2.75) is 57.8 Å². The van der Waals surface area contributed by atoms with E-state index < -0.39 is 23.2 Å². The van der Waals surface area contributed by atoms with Crippen LogP contribution in [0.1, 0.15) is 40.0 Å². The Balaban J connectivity index is 1.83. The van der Waals surface area contributed by atoms with Gasteiger partial charge in [0.1, 0.15) is 12.0 Å². The van der Waals surface area contributed by atoms with Crippen LogP contribution in [0.5, 0.6) is 0 Å². The Kier molecular flexibility index (Phi) is 2.66. The summed E-state index contributed by atoms with van der Waals surface area (Å²) in [5, 5.41) is 0. The molecule has 3 rings (SSSR count). The van der Waals surface area contributed by atoms with Gasteiger partial charge < -0.3 is 14.3 Å². The van der Waals surface area contributed by atoms with Gasteiger partial charge in [0.25, 0.3) is 5.54 Å². The molecular weight excluding hydrogens is 258 g/mol. The summed E-state index contributed by atoms with van der Waals surface area (Å²) in [5.41, 5.74) is -1.32. The van der Waals surface area contributed by atoms with E-state index in [4.69, 9.17) is 16.0 Å². The van der Waals surface area contributed by atoms with E-state index >= 15 is 0 Å². The van der Waals surface area contributed by atoms with Gasteiger partial charge in [-0.1, -0.05) is 6.92 Å². The molecule has 2 bridgehead atoms. The van der Waals surface area contributed by atoms with Gasteiger partial charge in [0.2, 0.25) is 6.10 Å². The standard InChI is InChI=1S/C15H19NO4/c1-5-14(2,3)13(18)19-10-8-6-9-12(17)20-11(10)15(9,7-8)16-4/h8-11H,5-7H2,1-3H3. The van der Waals surface area contributed by atoms with Gasteiger partial charge in [-0.05, 0) is 26.7 Å². The summed E-state index contributed by atoms with van der Waals surface area (Å²) in [4.78, 5) is 27.8. The van der Waals surface area contributed by atoms with E-state index in [0.717, 1.165) is 0 Å². The molecule has 0 aromatic carbocycles.